The predicted molar refractivity (Wildman–Crippen MR) is 125 cm³/mol. The fraction of sp³-hybridized carbons (Fsp3) is 0.0400. The standard InChI is InChI=1S/C25H20N2O4S/c28-24(26-18-11-13-21(14-12-18)31-20-7-2-1-3-8-20)17-32-22-9-4-6-19(16-22)27-25(29)23-10-5-15-30-23/h1-16H,17H2,(H,26,28)(H,27,29). The Kier molecular flexibility index (Phi) is 6.89. The average Bonchev–Trinajstić information content (AvgIpc) is 3.35. The highest BCUT2D eigenvalue weighted by molar-refractivity contribution is 8.00. The van der Waals surface area contributed by atoms with Crippen LogP contribution in [0.15, 0.2) is 107 Å². The Balaban J connectivity index is 1.27. The molecule has 1 heterocycles. The molecule has 4 aromatic rings. The molecular weight excluding hydrogens is 424 g/mol. The number of furan rings is 1. The Morgan fingerprint density at radius 3 is 2.31 bits per heavy atom. The quantitative estimate of drug-likeness (QED) is 0.323. The summed E-state index contributed by atoms with van der Waals surface area (Å²) in [4.78, 5) is 25.3. The fourth-order valence-corrected chi connectivity index (χ4v) is 3.60. The number of benzene rings is 3. The molecule has 3 aromatic carbocycles. The summed E-state index contributed by atoms with van der Waals surface area (Å²) in [7, 11) is 0. The molecule has 0 aliphatic heterocycles. The van der Waals surface area contributed by atoms with Gasteiger partial charge in [-0.3, -0.25) is 9.59 Å². The van der Waals surface area contributed by atoms with Crippen LogP contribution in [0.2, 0.25) is 0 Å². The van der Waals surface area contributed by atoms with Crippen LogP contribution in [0.3, 0.4) is 0 Å². The van der Waals surface area contributed by atoms with E-state index >= 15 is 0 Å². The molecule has 0 atom stereocenters. The minimum atomic E-state index is -0.324. The second-order valence-electron chi connectivity index (χ2n) is 6.74. The van der Waals surface area contributed by atoms with Crippen LogP contribution in [-0.2, 0) is 4.79 Å². The van der Waals surface area contributed by atoms with Gasteiger partial charge < -0.3 is 19.8 Å². The Hall–Kier alpha value is -3.97. The maximum atomic E-state index is 12.3. The van der Waals surface area contributed by atoms with Crippen molar-refractivity contribution in [3.63, 3.8) is 0 Å². The number of rotatable bonds is 8. The molecule has 7 heteroatoms. The summed E-state index contributed by atoms with van der Waals surface area (Å²) in [5.74, 6) is 1.46. The third kappa shape index (κ3) is 6.02. The van der Waals surface area contributed by atoms with E-state index in [4.69, 9.17) is 9.15 Å². The zero-order valence-corrected chi connectivity index (χ0v) is 17.8. The number of carbonyl (C=O) groups is 2. The van der Waals surface area contributed by atoms with Gasteiger partial charge in [0.15, 0.2) is 5.76 Å². The molecule has 2 amide bonds. The van der Waals surface area contributed by atoms with E-state index in [-0.39, 0.29) is 23.3 Å². The van der Waals surface area contributed by atoms with Gasteiger partial charge in [-0.2, -0.15) is 0 Å². The molecule has 2 N–H and O–H groups in total. The molecule has 32 heavy (non-hydrogen) atoms. The average molecular weight is 445 g/mol. The summed E-state index contributed by atoms with van der Waals surface area (Å²) in [6.07, 6.45) is 1.45. The van der Waals surface area contributed by atoms with Crippen molar-refractivity contribution in [3.05, 3.63) is 103 Å². The van der Waals surface area contributed by atoms with Crippen LogP contribution in [0, 0.1) is 0 Å². The normalized spacial score (nSPS) is 10.4. The van der Waals surface area contributed by atoms with Gasteiger partial charge in [0.2, 0.25) is 5.91 Å². The van der Waals surface area contributed by atoms with Crippen LogP contribution in [0.25, 0.3) is 0 Å². The number of amides is 2. The number of para-hydroxylation sites is 1. The maximum absolute atomic E-state index is 12.3. The van der Waals surface area contributed by atoms with Crippen LogP contribution < -0.4 is 15.4 Å². The number of thioether (sulfide) groups is 1. The summed E-state index contributed by atoms with van der Waals surface area (Å²) in [5, 5.41) is 5.65. The number of ether oxygens (including phenoxy) is 1. The van der Waals surface area contributed by atoms with E-state index in [9.17, 15) is 9.59 Å². The van der Waals surface area contributed by atoms with Gasteiger partial charge >= 0.3 is 0 Å². The molecule has 4 rings (SSSR count). The van der Waals surface area contributed by atoms with Crippen molar-refractivity contribution in [1.82, 2.24) is 0 Å². The van der Waals surface area contributed by atoms with Crippen LogP contribution in [0.1, 0.15) is 10.6 Å². The van der Waals surface area contributed by atoms with Gasteiger partial charge in [0, 0.05) is 16.3 Å². The maximum Gasteiger partial charge on any atom is 0.291 e. The highest BCUT2D eigenvalue weighted by Crippen LogP contribution is 2.24. The Bertz CT molecular complexity index is 1180. The molecule has 0 unspecified atom stereocenters. The van der Waals surface area contributed by atoms with Crippen molar-refractivity contribution >= 4 is 35.0 Å². The lowest BCUT2D eigenvalue weighted by atomic mass is 10.3. The van der Waals surface area contributed by atoms with E-state index in [2.05, 4.69) is 10.6 Å². The smallest absolute Gasteiger partial charge is 0.291 e. The highest BCUT2D eigenvalue weighted by atomic mass is 32.2. The van der Waals surface area contributed by atoms with Crippen LogP contribution >= 0.6 is 11.8 Å². The van der Waals surface area contributed by atoms with Crippen molar-refractivity contribution in [3.8, 4) is 11.5 Å². The van der Waals surface area contributed by atoms with Crippen molar-refractivity contribution in [2.45, 2.75) is 4.90 Å². The van der Waals surface area contributed by atoms with Gasteiger partial charge in [0.05, 0.1) is 12.0 Å². The third-order valence-corrected chi connectivity index (χ3v) is 5.32. The Morgan fingerprint density at radius 1 is 0.781 bits per heavy atom. The predicted octanol–water partition coefficient (Wildman–Crippen LogP) is 6.06. The monoisotopic (exact) mass is 444 g/mol. The summed E-state index contributed by atoms with van der Waals surface area (Å²) >= 11 is 1.38. The largest absolute Gasteiger partial charge is 0.459 e. The summed E-state index contributed by atoms with van der Waals surface area (Å²) in [6, 6.07) is 27.3. The molecule has 0 spiro atoms. The lowest BCUT2D eigenvalue weighted by molar-refractivity contribution is -0.113. The molecule has 0 radical (unpaired) electrons. The van der Waals surface area contributed by atoms with Crippen LogP contribution in [-0.4, -0.2) is 17.6 Å². The van der Waals surface area contributed by atoms with Gasteiger partial charge in [-0.15, -0.1) is 11.8 Å². The SMILES string of the molecule is O=C(CSc1cccc(NC(=O)c2ccco2)c1)Nc1ccc(Oc2ccccc2)cc1. The summed E-state index contributed by atoms with van der Waals surface area (Å²) < 4.78 is 10.8. The molecule has 0 aliphatic rings. The molecule has 6 nitrogen and oxygen atoms in total. The van der Waals surface area contributed by atoms with E-state index in [1.54, 1.807) is 42.5 Å². The van der Waals surface area contributed by atoms with Gasteiger partial charge in [-0.25, -0.2) is 0 Å². The molecule has 160 valence electrons. The first kappa shape index (κ1) is 21.3. The molecule has 0 saturated carbocycles. The summed E-state index contributed by atoms with van der Waals surface area (Å²) in [5.41, 5.74) is 1.32. The highest BCUT2D eigenvalue weighted by Gasteiger charge is 2.10. The fourth-order valence-electron chi connectivity index (χ4n) is 2.84. The molecule has 0 bridgehead atoms. The van der Waals surface area contributed by atoms with Gasteiger partial charge in [0.1, 0.15) is 11.5 Å². The Labute approximate surface area is 189 Å². The van der Waals surface area contributed by atoms with E-state index in [1.807, 2.05) is 48.5 Å². The number of hydrogen-bond donors (Lipinski definition) is 2. The third-order valence-electron chi connectivity index (χ3n) is 4.32. The topological polar surface area (TPSA) is 80.6 Å². The van der Waals surface area contributed by atoms with Crippen molar-refractivity contribution in [2.75, 3.05) is 16.4 Å². The van der Waals surface area contributed by atoms with Crippen LogP contribution in [0.4, 0.5) is 11.4 Å². The number of anilines is 2. The van der Waals surface area contributed by atoms with Crippen LogP contribution in [0.5, 0.6) is 11.5 Å². The van der Waals surface area contributed by atoms with Gasteiger partial charge in [-0.1, -0.05) is 24.3 Å². The van der Waals surface area contributed by atoms with E-state index < -0.39 is 0 Å². The minimum Gasteiger partial charge on any atom is -0.459 e. The molecule has 0 aliphatic carbocycles. The van der Waals surface area contributed by atoms with Gasteiger partial charge in [-0.05, 0) is 66.7 Å². The van der Waals surface area contributed by atoms with E-state index in [1.165, 1.54) is 18.0 Å². The van der Waals surface area contributed by atoms with Crippen molar-refractivity contribution in [2.24, 2.45) is 0 Å². The second-order valence-corrected chi connectivity index (χ2v) is 7.78. The second kappa shape index (κ2) is 10.4. The molecule has 0 fully saturated rings. The number of carbonyl (C=O) groups excluding carboxylic acids is 2. The summed E-state index contributed by atoms with van der Waals surface area (Å²) in [6.45, 7) is 0. The first-order valence-electron chi connectivity index (χ1n) is 9.86. The zero-order chi connectivity index (χ0) is 22.2. The van der Waals surface area contributed by atoms with Crippen molar-refractivity contribution < 1.29 is 18.7 Å². The molecular formula is C25H20N2O4S. The Morgan fingerprint density at radius 2 is 1.56 bits per heavy atom. The first-order chi connectivity index (χ1) is 15.7. The first-order valence-corrected chi connectivity index (χ1v) is 10.8. The van der Waals surface area contributed by atoms with Crippen molar-refractivity contribution in [1.29, 1.82) is 0 Å². The molecule has 0 saturated heterocycles. The minimum absolute atomic E-state index is 0.128. The lowest BCUT2D eigenvalue weighted by Crippen LogP contribution is -2.14. The zero-order valence-electron chi connectivity index (χ0n) is 17.0. The van der Waals surface area contributed by atoms with E-state index in [0.29, 0.717) is 17.1 Å². The van der Waals surface area contributed by atoms with E-state index in [0.717, 1.165) is 10.6 Å². The lowest BCUT2D eigenvalue weighted by Gasteiger charge is -2.09. The van der Waals surface area contributed by atoms with Gasteiger partial charge in [0.25, 0.3) is 5.91 Å². The number of nitrogens with one attached hydrogen (secondary N) is 2. The molecule has 1 aromatic heterocycles. The number of hydrogen-bond acceptors (Lipinski definition) is 5.